The van der Waals surface area contributed by atoms with Gasteiger partial charge in [-0.25, -0.2) is 9.97 Å². The molecule has 3 N–H and O–H groups in total. The van der Waals surface area contributed by atoms with Gasteiger partial charge >= 0.3 is 0 Å². The number of aliphatic hydroxyl groups is 1. The van der Waals surface area contributed by atoms with Crippen molar-refractivity contribution in [3.8, 4) is 11.4 Å². The molecule has 0 aromatic carbocycles. The Morgan fingerprint density at radius 3 is 2.87 bits per heavy atom. The second-order valence-electron chi connectivity index (χ2n) is 3.12. The molecule has 0 saturated carbocycles. The van der Waals surface area contributed by atoms with E-state index in [-0.39, 0.29) is 6.61 Å². The van der Waals surface area contributed by atoms with Crippen molar-refractivity contribution in [1.29, 1.82) is 0 Å². The second kappa shape index (κ2) is 3.66. The Balaban J connectivity index is 2.57. The number of aromatic nitrogens is 4. The van der Waals surface area contributed by atoms with Crippen LogP contribution in [0.15, 0.2) is 18.6 Å². The molecule has 0 radical (unpaired) electrons. The number of rotatable bonds is 2. The van der Waals surface area contributed by atoms with E-state index in [0.29, 0.717) is 22.8 Å². The van der Waals surface area contributed by atoms with Gasteiger partial charge in [0.15, 0.2) is 5.82 Å². The highest BCUT2D eigenvalue weighted by Crippen LogP contribution is 2.22. The van der Waals surface area contributed by atoms with E-state index in [1.807, 2.05) is 0 Å². The molecule has 0 aliphatic rings. The Morgan fingerprint density at radius 1 is 1.47 bits per heavy atom. The van der Waals surface area contributed by atoms with Crippen LogP contribution in [0.25, 0.3) is 11.4 Å². The summed E-state index contributed by atoms with van der Waals surface area (Å²) >= 11 is 0. The maximum atomic E-state index is 9.19. The third-order valence-electron chi connectivity index (χ3n) is 2.09. The maximum Gasteiger partial charge on any atom is 0.181 e. The first-order valence-corrected chi connectivity index (χ1v) is 4.42. The molecule has 6 nitrogen and oxygen atoms in total. The number of aryl methyl sites for hydroxylation is 1. The number of anilines is 1. The minimum atomic E-state index is -0.173. The van der Waals surface area contributed by atoms with E-state index in [4.69, 9.17) is 5.73 Å². The Hall–Kier alpha value is -1.95. The van der Waals surface area contributed by atoms with Crippen LogP contribution in [0.5, 0.6) is 0 Å². The third kappa shape index (κ3) is 1.66. The molecule has 6 heteroatoms. The molecular formula is C9H11N5O. The molecule has 2 aromatic rings. The first-order chi connectivity index (χ1) is 7.22. The lowest BCUT2D eigenvalue weighted by Crippen LogP contribution is -2.01. The number of nitrogens with two attached hydrogens (primary N) is 1. The molecule has 15 heavy (non-hydrogen) atoms. The van der Waals surface area contributed by atoms with Gasteiger partial charge in [0.05, 0.1) is 6.61 Å². The van der Waals surface area contributed by atoms with E-state index in [1.54, 1.807) is 30.3 Å². The van der Waals surface area contributed by atoms with Crippen LogP contribution >= 0.6 is 0 Å². The summed E-state index contributed by atoms with van der Waals surface area (Å²) < 4.78 is 1.59. The molecule has 2 rings (SSSR count). The minimum absolute atomic E-state index is 0.173. The van der Waals surface area contributed by atoms with Crippen molar-refractivity contribution in [2.45, 2.75) is 6.61 Å². The largest absolute Gasteiger partial charge is 0.392 e. The lowest BCUT2D eigenvalue weighted by atomic mass is 10.1. The minimum Gasteiger partial charge on any atom is -0.392 e. The standard InChI is InChI=1S/C9H11N5O/c1-14-5-12-9(13-14)6-2-3-11-8(10)7(6)4-15/h2-3,5,15H,4H2,1H3,(H2,10,11). The zero-order valence-electron chi connectivity index (χ0n) is 8.25. The highest BCUT2D eigenvalue weighted by molar-refractivity contribution is 5.65. The van der Waals surface area contributed by atoms with Crippen LogP contribution in [-0.4, -0.2) is 24.9 Å². The number of hydrogen-bond acceptors (Lipinski definition) is 5. The maximum absolute atomic E-state index is 9.19. The lowest BCUT2D eigenvalue weighted by molar-refractivity contribution is 0.282. The average Bonchev–Trinajstić information content (AvgIpc) is 2.64. The van der Waals surface area contributed by atoms with Gasteiger partial charge in [0.25, 0.3) is 0 Å². The van der Waals surface area contributed by atoms with Crippen LogP contribution in [0.2, 0.25) is 0 Å². The fourth-order valence-corrected chi connectivity index (χ4v) is 1.35. The molecule has 0 amide bonds. The summed E-state index contributed by atoms with van der Waals surface area (Å²) in [6.45, 7) is -0.173. The summed E-state index contributed by atoms with van der Waals surface area (Å²) in [5, 5.41) is 13.3. The van der Waals surface area contributed by atoms with Gasteiger partial charge in [0, 0.05) is 24.4 Å². The molecule has 0 spiro atoms. The highest BCUT2D eigenvalue weighted by atomic mass is 16.3. The Morgan fingerprint density at radius 2 is 2.27 bits per heavy atom. The van der Waals surface area contributed by atoms with Gasteiger partial charge in [0.2, 0.25) is 0 Å². The second-order valence-corrected chi connectivity index (χ2v) is 3.12. The molecule has 78 valence electrons. The van der Waals surface area contributed by atoms with Gasteiger partial charge in [-0.1, -0.05) is 0 Å². The average molecular weight is 205 g/mol. The molecule has 2 aromatic heterocycles. The van der Waals surface area contributed by atoms with E-state index in [9.17, 15) is 5.11 Å². The zero-order valence-corrected chi connectivity index (χ0v) is 8.25. The van der Waals surface area contributed by atoms with Gasteiger partial charge in [-0.05, 0) is 6.07 Å². The molecule has 0 saturated heterocycles. The molecular weight excluding hydrogens is 194 g/mol. The van der Waals surface area contributed by atoms with Crippen LogP contribution < -0.4 is 5.73 Å². The van der Waals surface area contributed by atoms with Crippen molar-refractivity contribution < 1.29 is 5.11 Å². The van der Waals surface area contributed by atoms with Gasteiger partial charge in [-0.15, -0.1) is 0 Å². The van der Waals surface area contributed by atoms with Crippen molar-refractivity contribution in [3.05, 3.63) is 24.2 Å². The molecule has 0 bridgehead atoms. The topological polar surface area (TPSA) is 89.9 Å². The normalized spacial score (nSPS) is 10.5. The fourth-order valence-electron chi connectivity index (χ4n) is 1.35. The molecule has 0 aliphatic heterocycles. The Bertz CT molecular complexity index is 479. The van der Waals surface area contributed by atoms with Gasteiger partial charge in [-0.3, -0.25) is 4.68 Å². The summed E-state index contributed by atoms with van der Waals surface area (Å²) in [6.07, 6.45) is 3.16. The SMILES string of the molecule is Cn1cnc(-c2ccnc(N)c2CO)n1. The van der Waals surface area contributed by atoms with Crippen molar-refractivity contribution in [1.82, 2.24) is 19.7 Å². The first kappa shape index (κ1) is 9.60. The van der Waals surface area contributed by atoms with Crippen LogP contribution in [0.1, 0.15) is 5.56 Å². The van der Waals surface area contributed by atoms with Gasteiger partial charge in [-0.2, -0.15) is 5.10 Å². The predicted octanol–water partition coefficient (Wildman–Crippen LogP) is -0.0484. The van der Waals surface area contributed by atoms with E-state index in [2.05, 4.69) is 15.1 Å². The van der Waals surface area contributed by atoms with Crippen LogP contribution in [0.4, 0.5) is 5.82 Å². The summed E-state index contributed by atoms with van der Waals surface area (Å²) in [6, 6.07) is 1.73. The van der Waals surface area contributed by atoms with Crippen LogP contribution in [0, 0.1) is 0 Å². The Kier molecular flexibility index (Phi) is 2.34. The van der Waals surface area contributed by atoms with Crippen molar-refractivity contribution >= 4 is 5.82 Å². The smallest absolute Gasteiger partial charge is 0.181 e. The molecule has 0 fully saturated rings. The van der Waals surface area contributed by atoms with Gasteiger partial charge in [0.1, 0.15) is 12.1 Å². The third-order valence-corrected chi connectivity index (χ3v) is 2.09. The quantitative estimate of drug-likeness (QED) is 0.717. The summed E-state index contributed by atoms with van der Waals surface area (Å²) in [4.78, 5) is 7.99. The van der Waals surface area contributed by atoms with Crippen molar-refractivity contribution in [2.24, 2.45) is 7.05 Å². The highest BCUT2D eigenvalue weighted by Gasteiger charge is 2.11. The lowest BCUT2D eigenvalue weighted by Gasteiger charge is -2.05. The molecule has 0 aliphatic carbocycles. The molecule has 0 unspecified atom stereocenters. The first-order valence-electron chi connectivity index (χ1n) is 4.42. The van der Waals surface area contributed by atoms with Crippen LogP contribution in [0.3, 0.4) is 0 Å². The molecule has 0 atom stereocenters. The summed E-state index contributed by atoms with van der Waals surface area (Å²) in [5.74, 6) is 0.845. The molecule has 2 heterocycles. The number of nitrogens with zero attached hydrogens (tertiary/aromatic N) is 4. The van der Waals surface area contributed by atoms with Crippen molar-refractivity contribution in [2.75, 3.05) is 5.73 Å². The van der Waals surface area contributed by atoms with E-state index in [0.717, 1.165) is 0 Å². The number of pyridine rings is 1. The fraction of sp³-hybridized carbons (Fsp3) is 0.222. The van der Waals surface area contributed by atoms with E-state index in [1.165, 1.54) is 0 Å². The predicted molar refractivity (Wildman–Crippen MR) is 54.6 cm³/mol. The van der Waals surface area contributed by atoms with Crippen LogP contribution in [-0.2, 0) is 13.7 Å². The van der Waals surface area contributed by atoms with E-state index < -0.39 is 0 Å². The number of aliphatic hydroxyl groups excluding tert-OH is 1. The van der Waals surface area contributed by atoms with E-state index >= 15 is 0 Å². The number of hydrogen-bond donors (Lipinski definition) is 2. The summed E-state index contributed by atoms with van der Waals surface area (Å²) in [7, 11) is 1.78. The van der Waals surface area contributed by atoms with Crippen molar-refractivity contribution in [3.63, 3.8) is 0 Å². The summed E-state index contributed by atoms with van der Waals surface area (Å²) in [5.41, 5.74) is 6.92. The zero-order chi connectivity index (χ0) is 10.8. The number of nitrogen functional groups attached to an aromatic ring is 1. The van der Waals surface area contributed by atoms with Gasteiger partial charge < -0.3 is 10.8 Å². The Labute approximate surface area is 86.4 Å². The monoisotopic (exact) mass is 205 g/mol.